The Morgan fingerprint density at radius 2 is 2.15 bits per heavy atom. The molecule has 1 heterocycles. The highest BCUT2D eigenvalue weighted by atomic mass is 16.5. The molecule has 13 heavy (non-hydrogen) atoms. The lowest BCUT2D eigenvalue weighted by atomic mass is 10.1. The molecule has 66 valence electrons. The minimum Gasteiger partial charge on any atom is -0.545 e. The van der Waals surface area contributed by atoms with Crippen molar-refractivity contribution in [1.82, 2.24) is 0 Å². The van der Waals surface area contributed by atoms with Crippen molar-refractivity contribution in [3.63, 3.8) is 0 Å². The van der Waals surface area contributed by atoms with Crippen LogP contribution in [0.25, 0.3) is 6.08 Å². The van der Waals surface area contributed by atoms with Crippen LogP contribution in [0.5, 0.6) is 5.75 Å². The molecule has 0 saturated heterocycles. The molecule has 0 fully saturated rings. The number of para-hydroxylation sites is 1. The third-order valence-corrected chi connectivity index (χ3v) is 1.89. The first-order chi connectivity index (χ1) is 6.27. The molecule has 1 aromatic carbocycles. The van der Waals surface area contributed by atoms with Crippen LogP contribution >= 0.6 is 0 Å². The number of hydrogen-bond acceptors (Lipinski definition) is 3. The van der Waals surface area contributed by atoms with Gasteiger partial charge >= 0.3 is 0 Å². The van der Waals surface area contributed by atoms with Gasteiger partial charge in [0.25, 0.3) is 0 Å². The number of carbonyl (C=O) groups excluding carboxylic acids is 1. The minimum atomic E-state index is -1.17. The highest BCUT2D eigenvalue weighted by Gasteiger charge is 2.10. The Hall–Kier alpha value is -1.77. The van der Waals surface area contributed by atoms with Gasteiger partial charge in [0.15, 0.2) is 0 Å². The van der Waals surface area contributed by atoms with Crippen LogP contribution in [-0.4, -0.2) is 12.6 Å². The molecule has 0 bridgehead atoms. The lowest BCUT2D eigenvalue weighted by Crippen LogP contribution is -2.28. The second-order valence-corrected chi connectivity index (χ2v) is 2.78. The predicted molar refractivity (Wildman–Crippen MR) is 44.9 cm³/mol. The molecule has 2 rings (SSSR count). The molecule has 1 aromatic rings. The summed E-state index contributed by atoms with van der Waals surface area (Å²) < 4.78 is 5.21. The van der Waals surface area contributed by atoms with Crippen LogP contribution in [0.3, 0.4) is 0 Å². The molecule has 1 aliphatic heterocycles. The number of benzene rings is 1. The van der Waals surface area contributed by atoms with Crippen LogP contribution in [0.1, 0.15) is 5.56 Å². The van der Waals surface area contributed by atoms with Crippen molar-refractivity contribution >= 4 is 12.0 Å². The first kappa shape index (κ1) is 7.86. The quantitative estimate of drug-likeness (QED) is 0.613. The number of rotatable bonds is 1. The van der Waals surface area contributed by atoms with Crippen molar-refractivity contribution in [3.05, 3.63) is 35.4 Å². The van der Waals surface area contributed by atoms with E-state index in [4.69, 9.17) is 4.74 Å². The summed E-state index contributed by atoms with van der Waals surface area (Å²) in [7, 11) is 0. The van der Waals surface area contributed by atoms with E-state index in [1.807, 2.05) is 12.1 Å². The van der Waals surface area contributed by atoms with Gasteiger partial charge in [-0.05, 0) is 12.1 Å². The molecular weight excluding hydrogens is 168 g/mol. The van der Waals surface area contributed by atoms with Crippen molar-refractivity contribution in [2.24, 2.45) is 0 Å². The third kappa shape index (κ3) is 1.40. The summed E-state index contributed by atoms with van der Waals surface area (Å²) >= 11 is 0. The zero-order valence-corrected chi connectivity index (χ0v) is 6.82. The molecule has 0 aliphatic carbocycles. The summed E-state index contributed by atoms with van der Waals surface area (Å²) in [5, 5.41) is 10.5. The van der Waals surface area contributed by atoms with E-state index in [2.05, 4.69) is 0 Å². The largest absolute Gasteiger partial charge is 0.545 e. The van der Waals surface area contributed by atoms with E-state index in [1.165, 1.54) is 0 Å². The number of fused-ring (bicyclic) bond motifs is 1. The predicted octanol–water partition coefficient (Wildman–Crippen LogP) is 0.212. The van der Waals surface area contributed by atoms with Crippen LogP contribution in [0, 0.1) is 0 Å². The van der Waals surface area contributed by atoms with Crippen molar-refractivity contribution < 1.29 is 14.6 Å². The number of ether oxygens (including phenoxy) is 1. The molecular formula is C10H7O3-. The lowest BCUT2D eigenvalue weighted by molar-refractivity contribution is -0.299. The standard InChI is InChI=1S/C10H8O3/c11-10(12)8-5-7-3-1-2-4-9(7)13-6-8/h1-5H,6H2,(H,11,12)/p-1. The third-order valence-electron chi connectivity index (χ3n) is 1.89. The van der Waals surface area contributed by atoms with E-state index in [-0.39, 0.29) is 12.2 Å². The molecule has 0 aromatic heterocycles. The van der Waals surface area contributed by atoms with Crippen LogP contribution in [0.4, 0.5) is 0 Å². The van der Waals surface area contributed by atoms with Gasteiger partial charge in [0, 0.05) is 11.1 Å². The number of aliphatic carboxylic acids is 1. The van der Waals surface area contributed by atoms with Gasteiger partial charge in [-0.1, -0.05) is 18.2 Å². The number of carbonyl (C=O) groups is 1. The maximum Gasteiger partial charge on any atom is 0.127 e. The zero-order valence-electron chi connectivity index (χ0n) is 6.82. The number of carboxylic acid groups (broad SMARTS) is 1. The second-order valence-electron chi connectivity index (χ2n) is 2.78. The van der Waals surface area contributed by atoms with Crippen molar-refractivity contribution in [2.45, 2.75) is 0 Å². The van der Waals surface area contributed by atoms with Crippen molar-refractivity contribution in [2.75, 3.05) is 6.61 Å². The summed E-state index contributed by atoms with van der Waals surface area (Å²) in [4.78, 5) is 10.5. The summed E-state index contributed by atoms with van der Waals surface area (Å²) in [6.45, 7) is 0.0827. The second kappa shape index (κ2) is 2.94. The minimum absolute atomic E-state index is 0.0827. The Balaban J connectivity index is 2.44. The van der Waals surface area contributed by atoms with Gasteiger partial charge in [-0.2, -0.15) is 0 Å². The van der Waals surface area contributed by atoms with E-state index in [9.17, 15) is 9.90 Å². The highest BCUT2D eigenvalue weighted by molar-refractivity contribution is 5.92. The van der Waals surface area contributed by atoms with Crippen LogP contribution in [-0.2, 0) is 4.79 Å². The molecule has 0 saturated carbocycles. The summed E-state index contributed by atoms with van der Waals surface area (Å²) in [6.07, 6.45) is 1.58. The number of hydrogen-bond donors (Lipinski definition) is 0. The maximum absolute atomic E-state index is 10.5. The fourth-order valence-corrected chi connectivity index (χ4v) is 1.23. The van der Waals surface area contributed by atoms with E-state index >= 15 is 0 Å². The molecule has 0 atom stereocenters. The first-order valence-electron chi connectivity index (χ1n) is 3.91. The van der Waals surface area contributed by atoms with Crippen LogP contribution in [0.15, 0.2) is 29.8 Å². The lowest BCUT2D eigenvalue weighted by Gasteiger charge is -2.17. The van der Waals surface area contributed by atoms with E-state index in [1.54, 1.807) is 18.2 Å². The first-order valence-corrected chi connectivity index (χ1v) is 3.91. The van der Waals surface area contributed by atoms with Gasteiger partial charge < -0.3 is 14.6 Å². The van der Waals surface area contributed by atoms with E-state index in [0.717, 1.165) is 5.56 Å². The molecule has 3 nitrogen and oxygen atoms in total. The fraction of sp³-hybridized carbons (Fsp3) is 0.100. The average molecular weight is 175 g/mol. The number of carboxylic acids is 1. The Kier molecular flexibility index (Phi) is 1.77. The highest BCUT2D eigenvalue weighted by Crippen LogP contribution is 2.25. The summed E-state index contributed by atoms with van der Waals surface area (Å²) in [5.74, 6) is -0.456. The van der Waals surface area contributed by atoms with Gasteiger partial charge in [0.2, 0.25) is 0 Å². The van der Waals surface area contributed by atoms with E-state index in [0.29, 0.717) is 5.75 Å². The molecule has 0 unspecified atom stereocenters. The molecule has 1 aliphatic rings. The SMILES string of the molecule is O=C([O-])C1=Cc2ccccc2OC1. The van der Waals surface area contributed by atoms with Gasteiger partial charge in [0.05, 0.1) is 5.97 Å². The van der Waals surface area contributed by atoms with Gasteiger partial charge in [-0.15, -0.1) is 0 Å². The molecule has 0 N–H and O–H groups in total. The summed E-state index contributed by atoms with van der Waals surface area (Å²) in [6, 6.07) is 7.28. The zero-order chi connectivity index (χ0) is 9.26. The average Bonchev–Trinajstić information content (AvgIpc) is 2.17. The fourth-order valence-electron chi connectivity index (χ4n) is 1.23. The van der Waals surface area contributed by atoms with Gasteiger partial charge in [0.1, 0.15) is 12.4 Å². The van der Waals surface area contributed by atoms with Crippen LogP contribution in [0.2, 0.25) is 0 Å². The Morgan fingerprint density at radius 3 is 2.92 bits per heavy atom. The van der Waals surface area contributed by atoms with Gasteiger partial charge in [-0.25, -0.2) is 0 Å². The van der Waals surface area contributed by atoms with Crippen molar-refractivity contribution in [3.8, 4) is 5.75 Å². The Labute approximate surface area is 75.3 Å². The smallest absolute Gasteiger partial charge is 0.127 e. The van der Waals surface area contributed by atoms with E-state index < -0.39 is 5.97 Å². The van der Waals surface area contributed by atoms with Gasteiger partial charge in [-0.3, -0.25) is 0 Å². The van der Waals surface area contributed by atoms with Crippen LogP contribution < -0.4 is 9.84 Å². The maximum atomic E-state index is 10.5. The normalized spacial score (nSPS) is 14.0. The molecule has 0 spiro atoms. The molecule has 0 radical (unpaired) electrons. The monoisotopic (exact) mass is 175 g/mol. The molecule has 3 heteroatoms. The summed E-state index contributed by atoms with van der Waals surface area (Å²) in [5.41, 5.74) is 0.964. The topological polar surface area (TPSA) is 49.4 Å². The Morgan fingerprint density at radius 1 is 1.38 bits per heavy atom. The molecule has 0 amide bonds. The Bertz CT molecular complexity index is 380. The van der Waals surface area contributed by atoms with Crippen molar-refractivity contribution in [1.29, 1.82) is 0 Å².